The first kappa shape index (κ1) is 16.3. The third-order valence-electron chi connectivity index (χ3n) is 2.99. The van der Waals surface area contributed by atoms with Crippen LogP contribution < -0.4 is 14.2 Å². The van der Waals surface area contributed by atoms with Gasteiger partial charge >= 0.3 is 5.97 Å². The molecule has 0 radical (unpaired) electrons. The minimum Gasteiger partial charge on any atom is -0.486 e. The van der Waals surface area contributed by atoms with Crippen LogP contribution >= 0.6 is 35.0 Å². The van der Waals surface area contributed by atoms with Gasteiger partial charge in [0.25, 0.3) is 0 Å². The molecule has 0 amide bonds. The molecule has 23 heavy (non-hydrogen) atoms. The fourth-order valence-corrected chi connectivity index (χ4v) is 3.11. The zero-order valence-corrected chi connectivity index (χ0v) is 14.2. The summed E-state index contributed by atoms with van der Waals surface area (Å²) in [6.07, 6.45) is 0. The first-order valence-corrected chi connectivity index (χ1v) is 8.54. The van der Waals surface area contributed by atoms with Crippen molar-refractivity contribution >= 4 is 40.9 Å². The van der Waals surface area contributed by atoms with Gasteiger partial charge in [0.05, 0.1) is 10.8 Å². The van der Waals surface area contributed by atoms with Crippen molar-refractivity contribution in [2.24, 2.45) is 0 Å². The van der Waals surface area contributed by atoms with E-state index in [1.54, 1.807) is 12.1 Å². The second-order valence-electron chi connectivity index (χ2n) is 4.64. The molecule has 4 nitrogen and oxygen atoms in total. The molecule has 0 saturated heterocycles. The Morgan fingerprint density at radius 1 is 1.09 bits per heavy atom. The number of thioether (sulfide) groups is 1. The Labute approximate surface area is 147 Å². The Balaban J connectivity index is 1.58. The van der Waals surface area contributed by atoms with Crippen LogP contribution in [0.5, 0.6) is 17.2 Å². The highest BCUT2D eigenvalue weighted by Crippen LogP contribution is 2.34. The monoisotopic (exact) mass is 370 g/mol. The summed E-state index contributed by atoms with van der Waals surface area (Å²) >= 11 is 13.1. The Hall–Kier alpha value is -1.56. The summed E-state index contributed by atoms with van der Waals surface area (Å²) in [5, 5.41) is 0.788. The molecule has 0 saturated carbocycles. The molecule has 2 aromatic rings. The van der Waals surface area contributed by atoms with Gasteiger partial charge in [0.2, 0.25) is 0 Å². The number of fused-ring (bicyclic) bond motifs is 1. The van der Waals surface area contributed by atoms with E-state index in [1.807, 2.05) is 18.2 Å². The summed E-state index contributed by atoms with van der Waals surface area (Å²) in [5.41, 5.74) is 0. The van der Waals surface area contributed by atoms with Crippen molar-refractivity contribution in [1.29, 1.82) is 0 Å². The van der Waals surface area contributed by atoms with Gasteiger partial charge in [-0.25, -0.2) is 0 Å². The molecule has 0 spiro atoms. The highest BCUT2D eigenvalue weighted by molar-refractivity contribution is 8.00. The van der Waals surface area contributed by atoms with Crippen LogP contribution in [0.4, 0.5) is 0 Å². The second kappa shape index (κ2) is 7.34. The van der Waals surface area contributed by atoms with Crippen molar-refractivity contribution in [1.82, 2.24) is 0 Å². The zero-order chi connectivity index (χ0) is 16.2. The van der Waals surface area contributed by atoms with Gasteiger partial charge < -0.3 is 14.2 Å². The number of benzene rings is 2. The lowest BCUT2D eigenvalue weighted by atomic mass is 10.3. The SMILES string of the molecule is O=C(CSc1ccc2c(c1)OCCO2)Oc1ccc(Cl)cc1Cl. The molecule has 0 aromatic heterocycles. The summed E-state index contributed by atoms with van der Waals surface area (Å²) in [6.45, 7) is 1.08. The van der Waals surface area contributed by atoms with Gasteiger partial charge in [0, 0.05) is 9.92 Å². The molecule has 1 aliphatic rings. The molecule has 7 heteroatoms. The normalized spacial score (nSPS) is 12.8. The topological polar surface area (TPSA) is 44.8 Å². The molecule has 0 atom stereocenters. The first-order chi connectivity index (χ1) is 11.1. The molecule has 1 aliphatic heterocycles. The molecule has 2 aromatic carbocycles. The van der Waals surface area contributed by atoms with Crippen molar-refractivity contribution < 1.29 is 19.0 Å². The van der Waals surface area contributed by atoms with Crippen LogP contribution in [0.15, 0.2) is 41.3 Å². The molecule has 0 unspecified atom stereocenters. The van der Waals surface area contributed by atoms with Crippen LogP contribution in [0.2, 0.25) is 10.0 Å². The van der Waals surface area contributed by atoms with Gasteiger partial charge in [0.1, 0.15) is 19.0 Å². The van der Waals surface area contributed by atoms with E-state index in [2.05, 4.69) is 0 Å². The molecule has 0 aliphatic carbocycles. The van der Waals surface area contributed by atoms with E-state index in [4.69, 9.17) is 37.4 Å². The van der Waals surface area contributed by atoms with Crippen LogP contribution in [0.3, 0.4) is 0 Å². The van der Waals surface area contributed by atoms with Crippen molar-refractivity contribution in [2.45, 2.75) is 4.90 Å². The maximum atomic E-state index is 11.9. The predicted molar refractivity (Wildman–Crippen MR) is 90.3 cm³/mol. The summed E-state index contributed by atoms with van der Waals surface area (Å²) in [6, 6.07) is 10.3. The highest BCUT2D eigenvalue weighted by Gasteiger charge is 2.14. The predicted octanol–water partition coefficient (Wildman–Crippen LogP) is 4.46. The average Bonchev–Trinajstić information content (AvgIpc) is 2.55. The lowest BCUT2D eigenvalue weighted by Crippen LogP contribution is -2.15. The Morgan fingerprint density at radius 3 is 2.65 bits per heavy atom. The Morgan fingerprint density at radius 2 is 1.87 bits per heavy atom. The minimum absolute atomic E-state index is 0.151. The first-order valence-electron chi connectivity index (χ1n) is 6.80. The van der Waals surface area contributed by atoms with Crippen molar-refractivity contribution in [3.63, 3.8) is 0 Å². The maximum absolute atomic E-state index is 11.9. The van der Waals surface area contributed by atoms with Crippen molar-refractivity contribution in [3.05, 3.63) is 46.4 Å². The molecular weight excluding hydrogens is 359 g/mol. The summed E-state index contributed by atoms with van der Waals surface area (Å²) < 4.78 is 16.2. The molecule has 0 bridgehead atoms. The van der Waals surface area contributed by atoms with Crippen molar-refractivity contribution in [3.8, 4) is 17.2 Å². The van der Waals surface area contributed by atoms with E-state index < -0.39 is 5.97 Å². The number of carbonyl (C=O) groups is 1. The minimum atomic E-state index is -0.394. The van der Waals surface area contributed by atoms with E-state index in [9.17, 15) is 4.79 Å². The van der Waals surface area contributed by atoms with Crippen molar-refractivity contribution in [2.75, 3.05) is 19.0 Å². The summed E-state index contributed by atoms with van der Waals surface area (Å²) in [5.74, 6) is 1.46. The number of hydrogen-bond donors (Lipinski definition) is 0. The smallest absolute Gasteiger partial charge is 0.321 e. The highest BCUT2D eigenvalue weighted by atomic mass is 35.5. The van der Waals surface area contributed by atoms with Crippen LogP contribution in [0.25, 0.3) is 0 Å². The van der Waals surface area contributed by atoms with E-state index in [0.717, 1.165) is 10.6 Å². The number of hydrogen-bond acceptors (Lipinski definition) is 5. The average molecular weight is 371 g/mol. The van der Waals surface area contributed by atoms with Crippen LogP contribution in [-0.2, 0) is 4.79 Å². The number of halogens is 2. The van der Waals surface area contributed by atoms with Gasteiger partial charge in [0.15, 0.2) is 11.5 Å². The fraction of sp³-hybridized carbons (Fsp3) is 0.188. The molecule has 120 valence electrons. The third-order valence-corrected chi connectivity index (χ3v) is 4.49. The molecule has 3 rings (SSSR count). The second-order valence-corrected chi connectivity index (χ2v) is 6.54. The molecule has 0 N–H and O–H groups in total. The van der Waals surface area contributed by atoms with E-state index >= 15 is 0 Å². The summed E-state index contributed by atoms with van der Waals surface area (Å²) in [4.78, 5) is 12.8. The van der Waals surface area contributed by atoms with E-state index in [1.165, 1.54) is 17.8 Å². The van der Waals surface area contributed by atoms with Gasteiger partial charge in [-0.3, -0.25) is 4.79 Å². The molecule has 0 fully saturated rings. The van der Waals surface area contributed by atoms with E-state index in [-0.39, 0.29) is 5.75 Å². The number of rotatable bonds is 4. The fourth-order valence-electron chi connectivity index (χ4n) is 1.97. The van der Waals surface area contributed by atoms with Crippen LogP contribution in [0, 0.1) is 0 Å². The maximum Gasteiger partial charge on any atom is 0.321 e. The lowest BCUT2D eigenvalue weighted by Gasteiger charge is -2.18. The van der Waals surface area contributed by atoms with Crippen LogP contribution in [-0.4, -0.2) is 24.9 Å². The summed E-state index contributed by atoms with van der Waals surface area (Å²) in [7, 11) is 0. The zero-order valence-electron chi connectivity index (χ0n) is 11.9. The quantitative estimate of drug-likeness (QED) is 0.451. The number of carbonyl (C=O) groups excluding carboxylic acids is 1. The standard InChI is InChI=1S/C16H12Cl2O4S/c17-10-1-3-13(12(18)7-10)22-16(19)9-23-11-2-4-14-15(8-11)21-6-5-20-14/h1-4,7-8H,5-6,9H2. The molecular formula is C16H12Cl2O4S. The third kappa shape index (κ3) is 4.25. The Kier molecular flexibility index (Phi) is 5.20. The van der Waals surface area contributed by atoms with Gasteiger partial charge in [-0.15, -0.1) is 11.8 Å². The Bertz CT molecular complexity index is 736. The van der Waals surface area contributed by atoms with Gasteiger partial charge in [-0.1, -0.05) is 23.2 Å². The number of ether oxygens (including phenoxy) is 3. The molecule has 1 heterocycles. The number of esters is 1. The van der Waals surface area contributed by atoms with Gasteiger partial charge in [-0.2, -0.15) is 0 Å². The van der Waals surface area contributed by atoms with Gasteiger partial charge in [-0.05, 0) is 36.4 Å². The lowest BCUT2D eigenvalue weighted by molar-refractivity contribution is -0.131. The largest absolute Gasteiger partial charge is 0.486 e. The van der Waals surface area contributed by atoms with Crippen LogP contribution in [0.1, 0.15) is 0 Å². The van der Waals surface area contributed by atoms with E-state index in [0.29, 0.717) is 34.8 Å².